The van der Waals surface area contributed by atoms with Crippen molar-refractivity contribution in [2.24, 2.45) is 5.92 Å². The third-order valence-electron chi connectivity index (χ3n) is 2.60. The monoisotopic (exact) mass is 196 g/mol. The van der Waals surface area contributed by atoms with Crippen molar-refractivity contribution in [3.63, 3.8) is 0 Å². The van der Waals surface area contributed by atoms with Crippen LogP contribution in [0.25, 0.3) is 0 Å². The average Bonchev–Trinajstić information content (AvgIpc) is 2.49. The van der Waals surface area contributed by atoms with E-state index >= 15 is 0 Å². The molecule has 1 N–H and O–H groups in total. The Labute approximate surface area is 83.4 Å². The molecule has 1 aliphatic heterocycles. The predicted octanol–water partition coefficient (Wildman–Crippen LogP) is 2.08. The van der Waals surface area contributed by atoms with Crippen LogP contribution >= 0.6 is 11.3 Å². The summed E-state index contributed by atoms with van der Waals surface area (Å²) in [5, 5.41) is 6.86. The minimum absolute atomic E-state index is 0.814. The van der Waals surface area contributed by atoms with Crippen molar-refractivity contribution in [3.8, 4) is 0 Å². The molecule has 0 amide bonds. The summed E-state index contributed by atoms with van der Waals surface area (Å²) in [6.07, 6.45) is 7.17. The fraction of sp³-hybridized carbons (Fsp3) is 0.700. The first kappa shape index (κ1) is 9.16. The Hall–Kier alpha value is -0.410. The highest BCUT2D eigenvalue weighted by molar-refractivity contribution is 7.09. The third-order valence-corrected chi connectivity index (χ3v) is 3.40. The molecule has 1 unspecified atom stereocenters. The van der Waals surface area contributed by atoms with Gasteiger partial charge in [-0.3, -0.25) is 0 Å². The molecule has 1 aromatic rings. The zero-order valence-corrected chi connectivity index (χ0v) is 8.65. The van der Waals surface area contributed by atoms with Crippen LogP contribution in [0.1, 0.15) is 24.3 Å². The SMILES string of the molecule is c1csc(CC2CCCCNC2)n1. The molecule has 2 nitrogen and oxygen atoms in total. The molecule has 3 heteroatoms. The lowest BCUT2D eigenvalue weighted by atomic mass is 10.0. The van der Waals surface area contributed by atoms with Crippen molar-refractivity contribution < 1.29 is 0 Å². The molecule has 1 atom stereocenters. The number of nitrogens with zero attached hydrogens (tertiary/aromatic N) is 1. The van der Waals surface area contributed by atoms with Crippen LogP contribution in [0.4, 0.5) is 0 Å². The van der Waals surface area contributed by atoms with Crippen molar-refractivity contribution in [2.45, 2.75) is 25.7 Å². The zero-order chi connectivity index (χ0) is 8.93. The van der Waals surface area contributed by atoms with Crippen LogP contribution in [-0.2, 0) is 6.42 Å². The van der Waals surface area contributed by atoms with Gasteiger partial charge in [-0.25, -0.2) is 4.98 Å². The molecule has 1 aromatic heterocycles. The van der Waals surface area contributed by atoms with E-state index in [1.807, 2.05) is 6.20 Å². The minimum atomic E-state index is 0.814. The molecule has 0 aromatic carbocycles. The van der Waals surface area contributed by atoms with Gasteiger partial charge in [0.25, 0.3) is 0 Å². The summed E-state index contributed by atoms with van der Waals surface area (Å²) in [5.74, 6) is 0.814. The lowest BCUT2D eigenvalue weighted by molar-refractivity contribution is 0.476. The highest BCUT2D eigenvalue weighted by atomic mass is 32.1. The van der Waals surface area contributed by atoms with E-state index in [1.165, 1.54) is 43.8 Å². The minimum Gasteiger partial charge on any atom is -0.316 e. The summed E-state index contributed by atoms with van der Waals surface area (Å²) in [4.78, 5) is 4.33. The van der Waals surface area contributed by atoms with Gasteiger partial charge in [-0.1, -0.05) is 6.42 Å². The Balaban J connectivity index is 1.86. The molecule has 0 aliphatic carbocycles. The fourth-order valence-electron chi connectivity index (χ4n) is 1.87. The fourth-order valence-corrected chi connectivity index (χ4v) is 2.60. The van der Waals surface area contributed by atoms with E-state index in [1.54, 1.807) is 11.3 Å². The number of hydrogen-bond acceptors (Lipinski definition) is 3. The van der Waals surface area contributed by atoms with Crippen molar-refractivity contribution in [2.75, 3.05) is 13.1 Å². The Morgan fingerprint density at radius 2 is 2.54 bits per heavy atom. The van der Waals surface area contributed by atoms with Gasteiger partial charge in [0, 0.05) is 18.0 Å². The number of nitrogens with one attached hydrogen (secondary N) is 1. The van der Waals surface area contributed by atoms with Crippen molar-refractivity contribution >= 4 is 11.3 Å². The zero-order valence-electron chi connectivity index (χ0n) is 7.83. The first-order valence-electron chi connectivity index (χ1n) is 5.04. The molecule has 0 spiro atoms. The first-order valence-corrected chi connectivity index (χ1v) is 5.92. The molecular formula is C10H16N2S. The van der Waals surface area contributed by atoms with Gasteiger partial charge >= 0.3 is 0 Å². The second-order valence-electron chi connectivity index (χ2n) is 3.70. The smallest absolute Gasteiger partial charge is 0.0928 e. The number of hydrogen-bond donors (Lipinski definition) is 1. The largest absolute Gasteiger partial charge is 0.316 e. The molecule has 1 saturated heterocycles. The van der Waals surface area contributed by atoms with Crippen LogP contribution in [-0.4, -0.2) is 18.1 Å². The standard InChI is InChI=1S/C10H16N2S/c1-2-4-11-8-9(3-1)7-10-12-5-6-13-10/h5-6,9,11H,1-4,7-8H2. The molecular weight excluding hydrogens is 180 g/mol. The second-order valence-corrected chi connectivity index (χ2v) is 4.68. The number of rotatable bonds is 2. The Morgan fingerprint density at radius 3 is 3.38 bits per heavy atom. The van der Waals surface area contributed by atoms with Crippen LogP contribution in [0.5, 0.6) is 0 Å². The van der Waals surface area contributed by atoms with Crippen LogP contribution in [0.3, 0.4) is 0 Å². The summed E-state index contributed by atoms with van der Waals surface area (Å²) in [6, 6.07) is 0. The molecule has 1 fully saturated rings. The van der Waals surface area contributed by atoms with E-state index in [4.69, 9.17) is 0 Å². The molecule has 72 valence electrons. The van der Waals surface area contributed by atoms with Gasteiger partial charge in [-0.15, -0.1) is 11.3 Å². The molecule has 0 saturated carbocycles. The van der Waals surface area contributed by atoms with Gasteiger partial charge in [-0.2, -0.15) is 0 Å². The third kappa shape index (κ3) is 2.78. The molecule has 2 heterocycles. The lowest BCUT2D eigenvalue weighted by Gasteiger charge is -2.11. The maximum absolute atomic E-state index is 4.33. The predicted molar refractivity (Wildman–Crippen MR) is 56.0 cm³/mol. The quantitative estimate of drug-likeness (QED) is 0.783. The number of aromatic nitrogens is 1. The maximum Gasteiger partial charge on any atom is 0.0928 e. The summed E-state index contributed by atoms with van der Waals surface area (Å²) < 4.78 is 0. The van der Waals surface area contributed by atoms with Crippen LogP contribution in [0, 0.1) is 5.92 Å². The molecule has 13 heavy (non-hydrogen) atoms. The molecule has 2 rings (SSSR count). The van der Waals surface area contributed by atoms with E-state index in [-0.39, 0.29) is 0 Å². The van der Waals surface area contributed by atoms with Gasteiger partial charge in [0.1, 0.15) is 0 Å². The van der Waals surface area contributed by atoms with E-state index in [9.17, 15) is 0 Å². The van der Waals surface area contributed by atoms with Crippen molar-refractivity contribution in [1.29, 1.82) is 0 Å². The van der Waals surface area contributed by atoms with E-state index in [0.29, 0.717) is 0 Å². The van der Waals surface area contributed by atoms with Crippen molar-refractivity contribution in [3.05, 3.63) is 16.6 Å². The Morgan fingerprint density at radius 1 is 1.54 bits per heavy atom. The summed E-state index contributed by atoms with van der Waals surface area (Å²) in [6.45, 7) is 2.38. The second kappa shape index (κ2) is 4.72. The lowest BCUT2D eigenvalue weighted by Crippen LogP contribution is -2.21. The van der Waals surface area contributed by atoms with Gasteiger partial charge in [0.2, 0.25) is 0 Å². The molecule has 0 radical (unpaired) electrons. The Bertz CT molecular complexity index is 225. The highest BCUT2D eigenvalue weighted by Gasteiger charge is 2.13. The van der Waals surface area contributed by atoms with E-state index in [0.717, 1.165) is 5.92 Å². The van der Waals surface area contributed by atoms with Gasteiger partial charge in [-0.05, 0) is 31.8 Å². The van der Waals surface area contributed by atoms with Gasteiger partial charge in [0.05, 0.1) is 5.01 Å². The van der Waals surface area contributed by atoms with Crippen LogP contribution in [0.15, 0.2) is 11.6 Å². The summed E-state index contributed by atoms with van der Waals surface area (Å²) in [5.41, 5.74) is 0. The van der Waals surface area contributed by atoms with Crippen LogP contribution in [0.2, 0.25) is 0 Å². The normalized spacial score (nSPS) is 24.2. The van der Waals surface area contributed by atoms with Gasteiger partial charge in [0.15, 0.2) is 0 Å². The van der Waals surface area contributed by atoms with E-state index < -0.39 is 0 Å². The molecule has 0 bridgehead atoms. The van der Waals surface area contributed by atoms with E-state index in [2.05, 4.69) is 15.7 Å². The van der Waals surface area contributed by atoms with Crippen molar-refractivity contribution in [1.82, 2.24) is 10.3 Å². The van der Waals surface area contributed by atoms with Crippen LogP contribution < -0.4 is 5.32 Å². The summed E-state index contributed by atoms with van der Waals surface area (Å²) in [7, 11) is 0. The topological polar surface area (TPSA) is 24.9 Å². The Kier molecular flexibility index (Phi) is 3.33. The first-order chi connectivity index (χ1) is 6.45. The van der Waals surface area contributed by atoms with Gasteiger partial charge < -0.3 is 5.32 Å². The highest BCUT2D eigenvalue weighted by Crippen LogP contribution is 2.17. The maximum atomic E-state index is 4.33. The summed E-state index contributed by atoms with van der Waals surface area (Å²) >= 11 is 1.78. The molecule has 1 aliphatic rings. The number of thiazole rings is 1. The average molecular weight is 196 g/mol.